The molecule has 1 saturated heterocycles. The number of amides is 3. The Bertz CT molecular complexity index is 2690. The molecule has 2 fully saturated rings. The number of aromatic nitrogens is 2. The Morgan fingerprint density at radius 2 is 1.79 bits per heavy atom. The Labute approximate surface area is 386 Å². The summed E-state index contributed by atoms with van der Waals surface area (Å²) in [4.78, 5) is 54.5. The second-order valence-corrected chi connectivity index (χ2v) is 21.1. The summed E-state index contributed by atoms with van der Waals surface area (Å²) < 4.78 is 96.4. The molecule has 1 unspecified atom stereocenters. The van der Waals surface area contributed by atoms with Crippen molar-refractivity contribution in [1.82, 2.24) is 24.9 Å². The van der Waals surface area contributed by atoms with E-state index in [9.17, 15) is 40.4 Å². The molecule has 19 heteroatoms. The van der Waals surface area contributed by atoms with Gasteiger partial charge in [0, 0.05) is 46.5 Å². The minimum Gasteiger partial charge on any atom is -0.496 e. The SMILES string of the molecule is C=C=C1C[C@]1(NC(=O)[C@@H]1C[C@@H](Oc2cc(-c3nc(C(C)C)cs3)nc3c(C)c(OC)ccc23)CN1C(=O)[C@@H](Nc1ccc(F)c(C(F)(F)F)c1)C(C)(C)C)C(=O)NS(=O)(=O)CCC(C)CC. The van der Waals surface area contributed by atoms with Gasteiger partial charge in [0.2, 0.25) is 21.8 Å². The number of likely N-dealkylation sites (tertiary alicyclic amines) is 1. The maximum atomic E-state index is 15.0. The number of thiazole rings is 1. The molecule has 0 spiro atoms. The van der Waals surface area contributed by atoms with Crippen LogP contribution in [0.1, 0.15) is 96.9 Å². The van der Waals surface area contributed by atoms with E-state index in [0.29, 0.717) is 51.7 Å². The molecular formula is C47H56F4N6O7S2. The van der Waals surface area contributed by atoms with Crippen molar-refractivity contribution in [3.63, 3.8) is 0 Å². The lowest BCUT2D eigenvalue weighted by Gasteiger charge is -2.36. The summed E-state index contributed by atoms with van der Waals surface area (Å²) in [6.45, 7) is 18.2. The highest BCUT2D eigenvalue weighted by atomic mass is 32.2. The molecule has 2 aromatic heterocycles. The number of anilines is 1. The number of hydrogen-bond donors (Lipinski definition) is 3. The third kappa shape index (κ3) is 10.7. The first-order chi connectivity index (χ1) is 30.8. The number of benzene rings is 2. The molecule has 3 N–H and O–H groups in total. The van der Waals surface area contributed by atoms with E-state index in [2.05, 4.69) is 27.7 Å². The zero-order chi connectivity index (χ0) is 48.7. The van der Waals surface area contributed by atoms with Gasteiger partial charge >= 0.3 is 6.18 Å². The highest BCUT2D eigenvalue weighted by molar-refractivity contribution is 7.90. The number of aryl methyl sites for hydroxylation is 1. The number of halogens is 4. The first-order valence-corrected chi connectivity index (χ1v) is 24.2. The number of sulfonamides is 1. The molecule has 66 heavy (non-hydrogen) atoms. The Morgan fingerprint density at radius 3 is 2.38 bits per heavy atom. The zero-order valence-corrected chi connectivity index (χ0v) is 40.0. The lowest BCUT2D eigenvalue weighted by atomic mass is 9.85. The normalized spacial score (nSPS) is 19.6. The number of nitrogens with one attached hydrogen (secondary N) is 3. The van der Waals surface area contributed by atoms with Gasteiger partial charge in [0.25, 0.3) is 5.91 Å². The minimum atomic E-state index is -5.03. The molecule has 3 heterocycles. The Morgan fingerprint density at radius 1 is 1.08 bits per heavy atom. The summed E-state index contributed by atoms with van der Waals surface area (Å²) >= 11 is 1.41. The van der Waals surface area contributed by atoms with Gasteiger partial charge < -0.3 is 25.0 Å². The van der Waals surface area contributed by atoms with Crippen LogP contribution in [0.2, 0.25) is 0 Å². The fraction of sp³-hybridized carbons (Fsp3) is 0.489. The molecule has 6 rings (SSSR count). The van der Waals surface area contributed by atoms with Crippen molar-refractivity contribution in [3.05, 3.63) is 82.3 Å². The summed E-state index contributed by atoms with van der Waals surface area (Å²) in [5.74, 6) is -3.21. The average molecular weight is 957 g/mol. The zero-order valence-electron chi connectivity index (χ0n) is 38.4. The molecule has 3 amide bonds. The predicted octanol–water partition coefficient (Wildman–Crippen LogP) is 8.68. The fourth-order valence-corrected chi connectivity index (χ4v) is 10.0. The number of fused-ring (bicyclic) bond motifs is 1. The molecule has 5 atom stereocenters. The smallest absolute Gasteiger partial charge is 0.419 e. The van der Waals surface area contributed by atoms with Crippen LogP contribution in [0.4, 0.5) is 23.2 Å². The number of carbonyl (C=O) groups excluding carboxylic acids is 3. The van der Waals surface area contributed by atoms with E-state index in [0.717, 1.165) is 23.7 Å². The molecule has 2 aliphatic rings. The van der Waals surface area contributed by atoms with Crippen molar-refractivity contribution in [2.75, 3.05) is 24.7 Å². The van der Waals surface area contributed by atoms with Gasteiger partial charge in [-0.15, -0.1) is 17.1 Å². The maximum absolute atomic E-state index is 15.0. The van der Waals surface area contributed by atoms with Crippen molar-refractivity contribution >= 4 is 55.7 Å². The van der Waals surface area contributed by atoms with E-state index < -0.39 is 74.4 Å². The van der Waals surface area contributed by atoms with Gasteiger partial charge in [-0.25, -0.2) is 22.8 Å². The van der Waals surface area contributed by atoms with Crippen molar-refractivity contribution < 1.29 is 49.8 Å². The lowest BCUT2D eigenvalue weighted by Crippen LogP contribution is -2.58. The molecule has 0 radical (unpaired) electrons. The summed E-state index contributed by atoms with van der Waals surface area (Å²) in [6, 6.07) is 4.95. The highest BCUT2D eigenvalue weighted by Gasteiger charge is 2.59. The third-order valence-electron chi connectivity index (χ3n) is 12.1. The molecule has 1 saturated carbocycles. The molecule has 1 aliphatic carbocycles. The van der Waals surface area contributed by atoms with Crippen molar-refractivity contribution in [3.8, 4) is 22.2 Å². The van der Waals surface area contributed by atoms with E-state index in [1.54, 1.807) is 46.1 Å². The van der Waals surface area contributed by atoms with Gasteiger partial charge in [-0.2, -0.15) is 13.2 Å². The molecule has 356 valence electrons. The first-order valence-electron chi connectivity index (χ1n) is 21.6. The maximum Gasteiger partial charge on any atom is 0.419 e. The van der Waals surface area contributed by atoms with Crippen LogP contribution < -0.4 is 24.8 Å². The molecular weight excluding hydrogens is 901 g/mol. The van der Waals surface area contributed by atoms with Gasteiger partial charge in [0.15, 0.2) is 5.54 Å². The van der Waals surface area contributed by atoms with Crippen molar-refractivity contribution in [2.45, 2.75) is 117 Å². The van der Waals surface area contributed by atoms with Crippen LogP contribution in [0.25, 0.3) is 21.6 Å². The molecule has 13 nitrogen and oxygen atoms in total. The number of pyridine rings is 1. The Hall–Kier alpha value is -5.52. The van der Waals surface area contributed by atoms with E-state index in [-0.39, 0.29) is 48.2 Å². The number of carbonyl (C=O) groups is 3. The van der Waals surface area contributed by atoms with E-state index in [4.69, 9.17) is 19.4 Å². The largest absolute Gasteiger partial charge is 0.496 e. The van der Waals surface area contributed by atoms with E-state index in [1.807, 2.05) is 40.0 Å². The topological polar surface area (TPSA) is 169 Å². The van der Waals surface area contributed by atoms with Crippen LogP contribution in [0.3, 0.4) is 0 Å². The molecule has 0 bridgehead atoms. The summed E-state index contributed by atoms with van der Waals surface area (Å²) in [7, 11) is -2.58. The lowest BCUT2D eigenvalue weighted by molar-refractivity contribution is -0.141. The van der Waals surface area contributed by atoms with Crippen LogP contribution in [0.15, 0.2) is 59.7 Å². The van der Waals surface area contributed by atoms with Crippen LogP contribution in [0.5, 0.6) is 11.5 Å². The molecule has 4 aromatic rings. The third-order valence-corrected chi connectivity index (χ3v) is 14.3. The number of rotatable bonds is 16. The molecule has 2 aromatic carbocycles. The average Bonchev–Trinajstić information content (AvgIpc) is 3.51. The Kier molecular flexibility index (Phi) is 14.4. The van der Waals surface area contributed by atoms with Gasteiger partial charge in [-0.3, -0.25) is 19.1 Å². The number of methoxy groups -OCH3 is 1. The van der Waals surface area contributed by atoms with Crippen LogP contribution in [-0.4, -0.2) is 84.1 Å². The predicted molar refractivity (Wildman–Crippen MR) is 245 cm³/mol. The van der Waals surface area contributed by atoms with Gasteiger partial charge in [-0.05, 0) is 60.9 Å². The van der Waals surface area contributed by atoms with E-state index >= 15 is 0 Å². The number of nitrogens with zero attached hydrogens (tertiary/aromatic N) is 3. The van der Waals surface area contributed by atoms with Crippen molar-refractivity contribution in [2.24, 2.45) is 11.3 Å². The van der Waals surface area contributed by atoms with Gasteiger partial charge in [-0.1, -0.05) is 61.5 Å². The number of ether oxygens (including phenoxy) is 2. The van der Waals surface area contributed by atoms with Gasteiger partial charge in [0.05, 0.1) is 36.2 Å². The second-order valence-electron chi connectivity index (χ2n) is 18.4. The monoisotopic (exact) mass is 956 g/mol. The minimum absolute atomic E-state index is 0.0748. The number of hydrogen-bond acceptors (Lipinski definition) is 11. The van der Waals surface area contributed by atoms with Crippen molar-refractivity contribution in [1.29, 1.82) is 0 Å². The quantitative estimate of drug-likeness (QED) is 0.0730. The van der Waals surface area contributed by atoms with Crippen LogP contribution in [0, 0.1) is 24.1 Å². The second kappa shape index (κ2) is 19.0. The summed E-state index contributed by atoms with van der Waals surface area (Å²) in [5, 5.41) is 8.75. The molecule has 1 aliphatic heterocycles. The van der Waals surface area contributed by atoms with E-state index in [1.165, 1.54) is 16.2 Å². The summed E-state index contributed by atoms with van der Waals surface area (Å²) in [5.41, 5.74) is 0.924. The van der Waals surface area contributed by atoms with Crippen LogP contribution in [-0.2, 0) is 30.6 Å². The first kappa shape index (κ1) is 49.9. The number of alkyl halides is 3. The van der Waals surface area contributed by atoms with Gasteiger partial charge in [0.1, 0.15) is 46.2 Å². The Balaban J connectivity index is 1.39. The van der Waals surface area contributed by atoms with Crippen LogP contribution >= 0.6 is 11.3 Å². The summed E-state index contributed by atoms with van der Waals surface area (Å²) in [6.07, 6.45) is -5.13. The fourth-order valence-electron chi connectivity index (χ4n) is 7.81. The highest BCUT2D eigenvalue weighted by Crippen LogP contribution is 2.44. The standard InChI is InChI=1S/C47H56F4N6O7S2/c1-11-26(5)17-18-66(61,62)56-44(60)46(22-28(46)12-2)55-41(58)36-20-30(23-57(36)43(59)40(45(7,8)9)52-29-13-15-33(48)32(19-29)47(49,50)51)64-38-21-34(42-54-35(24-65-42)25(3)4)53-39-27(6)37(63-10)16-14-31(38)39/h13-16,19,21,24-26,30,36,40,52H,2,11,17-18,20,22-23H2,1,3-10H3,(H,55,58)(H,56,60)/t26?,30-,36+,40-,46-/m1/s1.